The van der Waals surface area contributed by atoms with Gasteiger partial charge in [-0.2, -0.15) is 0 Å². The Bertz CT molecular complexity index is 888. The number of methoxy groups -OCH3 is 1. The molecule has 1 aliphatic heterocycles. The number of rotatable bonds is 7. The Morgan fingerprint density at radius 1 is 1.17 bits per heavy atom. The second-order valence-electron chi connectivity index (χ2n) is 6.92. The van der Waals surface area contributed by atoms with Crippen LogP contribution in [0.2, 0.25) is 0 Å². The van der Waals surface area contributed by atoms with Crippen LogP contribution in [-0.4, -0.2) is 56.1 Å². The lowest BCUT2D eigenvalue weighted by molar-refractivity contribution is -0.384. The summed E-state index contributed by atoms with van der Waals surface area (Å²) in [7, 11) is 4.95. The molecule has 0 fully saturated rings. The number of esters is 2. The molecule has 0 saturated carbocycles. The molecule has 156 valence electrons. The summed E-state index contributed by atoms with van der Waals surface area (Å²) in [6.07, 6.45) is 0. The monoisotopic (exact) mass is 403 g/mol. The quantitative estimate of drug-likeness (QED) is 0.419. The SMILES string of the molecule is COC(=O)C1=C(C)NC(C)=C(C(=O)OCCN(C)C)C1c1cccc([N+](=O)[O-])c1. The van der Waals surface area contributed by atoms with Gasteiger partial charge in [0.15, 0.2) is 0 Å². The van der Waals surface area contributed by atoms with Crippen molar-refractivity contribution in [1.82, 2.24) is 10.2 Å². The van der Waals surface area contributed by atoms with Crippen LogP contribution in [0.25, 0.3) is 0 Å². The van der Waals surface area contributed by atoms with Crippen molar-refractivity contribution in [3.8, 4) is 0 Å². The summed E-state index contributed by atoms with van der Waals surface area (Å²) >= 11 is 0. The maximum Gasteiger partial charge on any atom is 0.336 e. The van der Waals surface area contributed by atoms with Crippen LogP contribution in [0.3, 0.4) is 0 Å². The van der Waals surface area contributed by atoms with E-state index >= 15 is 0 Å². The minimum Gasteiger partial charge on any atom is -0.466 e. The van der Waals surface area contributed by atoms with E-state index in [9.17, 15) is 19.7 Å². The lowest BCUT2D eigenvalue weighted by Crippen LogP contribution is -2.33. The lowest BCUT2D eigenvalue weighted by Gasteiger charge is -2.30. The van der Waals surface area contributed by atoms with Crippen molar-refractivity contribution in [3.05, 3.63) is 62.5 Å². The normalized spacial score (nSPS) is 16.6. The molecule has 0 bridgehead atoms. The zero-order chi connectivity index (χ0) is 21.7. The molecule has 0 amide bonds. The van der Waals surface area contributed by atoms with E-state index in [2.05, 4.69) is 5.32 Å². The highest BCUT2D eigenvalue weighted by Crippen LogP contribution is 2.40. The second-order valence-corrected chi connectivity index (χ2v) is 6.92. The zero-order valence-electron chi connectivity index (χ0n) is 17.1. The molecule has 1 aliphatic rings. The van der Waals surface area contributed by atoms with Crippen LogP contribution in [0.15, 0.2) is 46.8 Å². The number of allylic oxidation sites excluding steroid dienone is 2. The molecule has 1 atom stereocenters. The van der Waals surface area contributed by atoms with Gasteiger partial charge in [-0.15, -0.1) is 0 Å². The van der Waals surface area contributed by atoms with Gasteiger partial charge in [0.05, 0.1) is 29.1 Å². The van der Waals surface area contributed by atoms with Gasteiger partial charge in [0.2, 0.25) is 0 Å². The number of dihydropyridines is 1. The number of benzene rings is 1. The fourth-order valence-electron chi connectivity index (χ4n) is 3.20. The van der Waals surface area contributed by atoms with Crippen LogP contribution in [0.5, 0.6) is 0 Å². The highest BCUT2D eigenvalue weighted by atomic mass is 16.6. The zero-order valence-corrected chi connectivity index (χ0v) is 17.1. The van der Waals surface area contributed by atoms with E-state index in [0.717, 1.165) is 0 Å². The molecule has 9 heteroatoms. The number of ether oxygens (including phenoxy) is 2. The maximum atomic E-state index is 12.9. The molecule has 0 saturated heterocycles. The van der Waals surface area contributed by atoms with Gasteiger partial charge in [0.25, 0.3) is 5.69 Å². The molecule has 9 nitrogen and oxygen atoms in total. The Balaban J connectivity index is 2.56. The van der Waals surface area contributed by atoms with Crippen molar-refractivity contribution in [2.24, 2.45) is 0 Å². The van der Waals surface area contributed by atoms with Gasteiger partial charge < -0.3 is 19.7 Å². The molecule has 0 aliphatic carbocycles. The van der Waals surface area contributed by atoms with E-state index in [-0.39, 0.29) is 23.4 Å². The molecule has 0 radical (unpaired) electrons. The third-order valence-electron chi connectivity index (χ3n) is 4.57. The number of nitro groups is 1. The molecular formula is C20H25N3O6. The first kappa shape index (κ1) is 22.1. The molecule has 1 heterocycles. The van der Waals surface area contributed by atoms with Gasteiger partial charge in [-0.3, -0.25) is 10.1 Å². The molecule has 29 heavy (non-hydrogen) atoms. The molecular weight excluding hydrogens is 378 g/mol. The second kappa shape index (κ2) is 9.33. The number of hydrogen-bond acceptors (Lipinski definition) is 8. The first-order valence-electron chi connectivity index (χ1n) is 9.00. The Hall–Kier alpha value is -3.20. The van der Waals surface area contributed by atoms with Gasteiger partial charge in [0, 0.05) is 30.1 Å². The van der Waals surface area contributed by atoms with E-state index < -0.39 is 22.8 Å². The molecule has 1 aromatic rings. The highest BCUT2D eigenvalue weighted by Gasteiger charge is 2.38. The van der Waals surface area contributed by atoms with Gasteiger partial charge >= 0.3 is 11.9 Å². The minimum atomic E-state index is -0.851. The number of carbonyl (C=O) groups is 2. The maximum absolute atomic E-state index is 12.9. The van der Waals surface area contributed by atoms with Crippen LogP contribution in [0.4, 0.5) is 5.69 Å². The molecule has 1 aromatic carbocycles. The Labute approximate surface area is 169 Å². The summed E-state index contributed by atoms with van der Waals surface area (Å²) in [4.78, 5) is 38.0. The van der Waals surface area contributed by atoms with E-state index in [1.54, 1.807) is 19.9 Å². The van der Waals surface area contributed by atoms with Gasteiger partial charge in [-0.05, 0) is 33.5 Å². The van der Waals surface area contributed by atoms with Crippen molar-refractivity contribution in [2.75, 3.05) is 34.4 Å². The first-order chi connectivity index (χ1) is 13.7. The topological polar surface area (TPSA) is 111 Å². The number of likely N-dealkylation sites (N-methyl/N-ethyl adjacent to an activating group) is 1. The van der Waals surface area contributed by atoms with Crippen molar-refractivity contribution in [3.63, 3.8) is 0 Å². The van der Waals surface area contributed by atoms with Crippen LogP contribution in [0, 0.1) is 10.1 Å². The van der Waals surface area contributed by atoms with E-state index in [1.807, 2.05) is 19.0 Å². The smallest absolute Gasteiger partial charge is 0.336 e. The highest BCUT2D eigenvalue weighted by molar-refractivity contribution is 5.99. The van der Waals surface area contributed by atoms with Gasteiger partial charge in [0.1, 0.15) is 6.61 Å². The van der Waals surface area contributed by atoms with Crippen molar-refractivity contribution in [2.45, 2.75) is 19.8 Å². The number of non-ortho nitro benzene ring substituents is 1. The minimum absolute atomic E-state index is 0.138. The van der Waals surface area contributed by atoms with Crippen molar-refractivity contribution >= 4 is 17.6 Å². The Kier molecular flexibility index (Phi) is 7.11. The predicted octanol–water partition coefficient (Wildman–Crippen LogP) is 2.11. The summed E-state index contributed by atoms with van der Waals surface area (Å²) in [5.41, 5.74) is 1.74. The number of nitrogens with zero attached hydrogens (tertiary/aromatic N) is 2. The third kappa shape index (κ3) is 5.00. The predicted molar refractivity (Wildman–Crippen MR) is 106 cm³/mol. The van der Waals surface area contributed by atoms with Crippen molar-refractivity contribution < 1.29 is 24.0 Å². The molecule has 1 N–H and O–H groups in total. The van der Waals surface area contributed by atoms with Crippen LogP contribution >= 0.6 is 0 Å². The van der Waals surface area contributed by atoms with E-state index in [4.69, 9.17) is 9.47 Å². The summed E-state index contributed by atoms with van der Waals surface area (Å²) in [5.74, 6) is -2.07. The van der Waals surface area contributed by atoms with Crippen molar-refractivity contribution in [1.29, 1.82) is 0 Å². The van der Waals surface area contributed by atoms with E-state index in [0.29, 0.717) is 23.5 Å². The fourth-order valence-corrected chi connectivity index (χ4v) is 3.20. The average Bonchev–Trinajstić information content (AvgIpc) is 2.66. The third-order valence-corrected chi connectivity index (χ3v) is 4.57. The van der Waals surface area contributed by atoms with Crippen LogP contribution in [0.1, 0.15) is 25.3 Å². The van der Waals surface area contributed by atoms with Gasteiger partial charge in [-0.25, -0.2) is 9.59 Å². The summed E-state index contributed by atoms with van der Waals surface area (Å²) < 4.78 is 10.3. The standard InChI is InChI=1S/C20H25N3O6/c1-12-16(19(24)28-5)18(14-7-6-8-15(11-14)23(26)27)17(13(2)21-12)20(25)29-10-9-22(3)4/h6-8,11,18,21H,9-10H2,1-5H3. The van der Waals surface area contributed by atoms with Crippen LogP contribution < -0.4 is 5.32 Å². The molecule has 0 aromatic heterocycles. The van der Waals surface area contributed by atoms with Gasteiger partial charge in [-0.1, -0.05) is 12.1 Å². The summed E-state index contributed by atoms with van der Waals surface area (Å²) in [5, 5.41) is 14.3. The lowest BCUT2D eigenvalue weighted by atomic mass is 9.80. The van der Waals surface area contributed by atoms with Crippen LogP contribution in [-0.2, 0) is 19.1 Å². The molecule has 2 rings (SSSR count). The average molecular weight is 403 g/mol. The molecule has 1 unspecified atom stereocenters. The Morgan fingerprint density at radius 2 is 1.79 bits per heavy atom. The number of carbonyl (C=O) groups excluding carboxylic acids is 2. The molecule has 0 spiro atoms. The summed E-state index contributed by atoms with van der Waals surface area (Å²) in [6, 6.07) is 5.86. The largest absolute Gasteiger partial charge is 0.466 e. The number of nitrogens with one attached hydrogen (secondary N) is 1. The fraction of sp³-hybridized carbons (Fsp3) is 0.400. The first-order valence-corrected chi connectivity index (χ1v) is 9.00. The Morgan fingerprint density at radius 3 is 2.34 bits per heavy atom. The number of hydrogen-bond donors (Lipinski definition) is 1. The van der Waals surface area contributed by atoms with E-state index in [1.165, 1.54) is 25.3 Å². The number of nitro benzene ring substituents is 1. The summed E-state index contributed by atoms with van der Waals surface area (Å²) in [6.45, 7) is 4.09.